The molecule has 0 heterocycles. The fourth-order valence-corrected chi connectivity index (χ4v) is 2.13. The smallest absolute Gasteiger partial charge is 0.224 e. The standard InChI is InChI=1S/C14H20N2O/c1-10-3-2-4-11(7-10)8-14(17)16-13(9-15)12-5-6-12/h2-4,7,12-13H,5-6,8-9,15H2,1H3,(H,16,17). The Hall–Kier alpha value is -1.35. The summed E-state index contributed by atoms with van der Waals surface area (Å²) in [5.41, 5.74) is 7.92. The van der Waals surface area contributed by atoms with Crippen molar-refractivity contribution >= 4 is 5.91 Å². The molecule has 1 aliphatic rings. The van der Waals surface area contributed by atoms with Crippen LogP contribution in [-0.4, -0.2) is 18.5 Å². The Kier molecular flexibility index (Phi) is 3.79. The molecule has 2 rings (SSSR count). The van der Waals surface area contributed by atoms with Gasteiger partial charge in [-0.25, -0.2) is 0 Å². The van der Waals surface area contributed by atoms with Crippen molar-refractivity contribution in [1.29, 1.82) is 0 Å². The lowest BCUT2D eigenvalue weighted by molar-refractivity contribution is -0.121. The molecule has 1 fully saturated rings. The van der Waals surface area contributed by atoms with Crippen molar-refractivity contribution in [3.05, 3.63) is 35.4 Å². The maximum atomic E-state index is 11.9. The van der Waals surface area contributed by atoms with Crippen molar-refractivity contribution in [3.63, 3.8) is 0 Å². The number of hydrogen-bond acceptors (Lipinski definition) is 2. The average molecular weight is 232 g/mol. The van der Waals surface area contributed by atoms with Gasteiger partial charge in [-0.1, -0.05) is 29.8 Å². The minimum Gasteiger partial charge on any atom is -0.352 e. The normalized spacial score (nSPS) is 16.6. The topological polar surface area (TPSA) is 55.1 Å². The first-order valence-electron chi connectivity index (χ1n) is 6.24. The van der Waals surface area contributed by atoms with Gasteiger partial charge >= 0.3 is 0 Å². The Bertz CT molecular complexity index is 399. The third-order valence-electron chi connectivity index (χ3n) is 3.24. The van der Waals surface area contributed by atoms with Crippen LogP contribution in [0.2, 0.25) is 0 Å². The highest BCUT2D eigenvalue weighted by Crippen LogP contribution is 2.32. The van der Waals surface area contributed by atoms with Gasteiger partial charge in [0.15, 0.2) is 0 Å². The van der Waals surface area contributed by atoms with Gasteiger partial charge in [0.2, 0.25) is 5.91 Å². The molecule has 1 aliphatic carbocycles. The van der Waals surface area contributed by atoms with Crippen LogP contribution in [0.1, 0.15) is 24.0 Å². The molecule has 1 aromatic rings. The lowest BCUT2D eigenvalue weighted by Crippen LogP contribution is -2.42. The minimum atomic E-state index is 0.0814. The van der Waals surface area contributed by atoms with E-state index in [0.29, 0.717) is 18.9 Å². The third kappa shape index (κ3) is 3.56. The molecule has 17 heavy (non-hydrogen) atoms. The van der Waals surface area contributed by atoms with Gasteiger partial charge in [0.1, 0.15) is 0 Å². The van der Waals surface area contributed by atoms with Crippen LogP contribution in [0.3, 0.4) is 0 Å². The van der Waals surface area contributed by atoms with E-state index in [4.69, 9.17) is 5.73 Å². The molecule has 1 saturated carbocycles. The maximum absolute atomic E-state index is 11.9. The zero-order valence-corrected chi connectivity index (χ0v) is 10.3. The van der Waals surface area contributed by atoms with Crippen LogP contribution >= 0.6 is 0 Å². The molecule has 0 saturated heterocycles. The molecule has 0 aliphatic heterocycles. The number of nitrogens with two attached hydrogens (primary N) is 1. The Labute approximate surface area is 102 Å². The number of carbonyl (C=O) groups excluding carboxylic acids is 1. The second-order valence-corrected chi connectivity index (χ2v) is 4.91. The Morgan fingerprint density at radius 2 is 2.29 bits per heavy atom. The average Bonchev–Trinajstić information content (AvgIpc) is 3.09. The predicted octanol–water partition coefficient (Wildman–Crippen LogP) is 1.39. The van der Waals surface area contributed by atoms with Crippen LogP contribution in [0.5, 0.6) is 0 Å². The zero-order valence-electron chi connectivity index (χ0n) is 10.3. The Morgan fingerprint density at radius 1 is 1.53 bits per heavy atom. The van der Waals surface area contributed by atoms with Crippen LogP contribution < -0.4 is 11.1 Å². The van der Waals surface area contributed by atoms with Gasteiger partial charge in [0.25, 0.3) is 0 Å². The van der Waals surface area contributed by atoms with E-state index in [1.54, 1.807) is 0 Å². The molecule has 0 aromatic heterocycles. The monoisotopic (exact) mass is 232 g/mol. The Balaban J connectivity index is 1.88. The minimum absolute atomic E-state index is 0.0814. The van der Waals surface area contributed by atoms with Crippen molar-refractivity contribution in [2.24, 2.45) is 11.7 Å². The number of benzene rings is 1. The summed E-state index contributed by atoms with van der Waals surface area (Å²) in [5.74, 6) is 0.694. The van der Waals surface area contributed by atoms with Gasteiger partial charge in [-0.2, -0.15) is 0 Å². The summed E-state index contributed by atoms with van der Waals surface area (Å²) in [5, 5.41) is 3.03. The van der Waals surface area contributed by atoms with Crippen LogP contribution in [0.4, 0.5) is 0 Å². The highest BCUT2D eigenvalue weighted by Gasteiger charge is 2.31. The van der Waals surface area contributed by atoms with E-state index in [2.05, 4.69) is 5.32 Å². The quantitative estimate of drug-likeness (QED) is 0.806. The number of rotatable bonds is 5. The molecule has 1 aromatic carbocycles. The summed E-state index contributed by atoms with van der Waals surface area (Å²) in [4.78, 5) is 11.9. The number of carbonyl (C=O) groups is 1. The van der Waals surface area contributed by atoms with Gasteiger partial charge in [0.05, 0.1) is 6.42 Å². The first kappa shape index (κ1) is 12.1. The SMILES string of the molecule is Cc1cccc(CC(=O)NC(CN)C2CC2)c1. The lowest BCUT2D eigenvalue weighted by Gasteiger charge is -2.16. The number of nitrogens with one attached hydrogen (secondary N) is 1. The second kappa shape index (κ2) is 5.32. The second-order valence-electron chi connectivity index (χ2n) is 4.91. The molecule has 0 spiro atoms. The van der Waals surface area contributed by atoms with Gasteiger partial charge < -0.3 is 11.1 Å². The lowest BCUT2D eigenvalue weighted by atomic mass is 10.1. The van der Waals surface area contributed by atoms with Crippen LogP contribution in [0.25, 0.3) is 0 Å². The third-order valence-corrected chi connectivity index (χ3v) is 3.24. The highest BCUT2D eigenvalue weighted by molar-refractivity contribution is 5.79. The fraction of sp³-hybridized carbons (Fsp3) is 0.500. The van der Waals surface area contributed by atoms with Gasteiger partial charge in [-0.3, -0.25) is 4.79 Å². The van der Waals surface area contributed by atoms with Crippen molar-refractivity contribution in [2.75, 3.05) is 6.54 Å². The molecule has 3 heteroatoms. The molecule has 1 atom stereocenters. The summed E-state index contributed by atoms with van der Waals surface area (Å²) in [7, 11) is 0. The van der Waals surface area contributed by atoms with E-state index in [1.165, 1.54) is 18.4 Å². The molecule has 3 N–H and O–H groups in total. The summed E-state index contributed by atoms with van der Waals surface area (Å²) in [6.07, 6.45) is 2.85. The van der Waals surface area contributed by atoms with Crippen molar-refractivity contribution < 1.29 is 4.79 Å². The van der Waals surface area contributed by atoms with Crippen molar-refractivity contribution in [2.45, 2.75) is 32.2 Å². The van der Waals surface area contributed by atoms with E-state index in [9.17, 15) is 4.79 Å². The van der Waals surface area contributed by atoms with E-state index in [1.807, 2.05) is 31.2 Å². The summed E-state index contributed by atoms with van der Waals surface area (Å²) in [6.45, 7) is 2.58. The van der Waals surface area contributed by atoms with E-state index in [-0.39, 0.29) is 11.9 Å². The summed E-state index contributed by atoms with van der Waals surface area (Å²) in [6, 6.07) is 8.23. The van der Waals surface area contributed by atoms with Crippen LogP contribution in [-0.2, 0) is 11.2 Å². The zero-order chi connectivity index (χ0) is 12.3. The Morgan fingerprint density at radius 3 is 2.88 bits per heavy atom. The van der Waals surface area contributed by atoms with Crippen molar-refractivity contribution in [1.82, 2.24) is 5.32 Å². The predicted molar refractivity (Wildman–Crippen MR) is 68.6 cm³/mol. The fourth-order valence-electron chi connectivity index (χ4n) is 2.13. The van der Waals surface area contributed by atoms with E-state index < -0.39 is 0 Å². The molecule has 3 nitrogen and oxygen atoms in total. The summed E-state index contributed by atoms with van der Waals surface area (Å²) < 4.78 is 0. The summed E-state index contributed by atoms with van der Waals surface area (Å²) >= 11 is 0. The van der Waals surface area contributed by atoms with Gasteiger partial charge in [-0.05, 0) is 31.2 Å². The number of hydrogen-bond donors (Lipinski definition) is 2. The molecular formula is C14H20N2O. The molecule has 0 bridgehead atoms. The first-order valence-corrected chi connectivity index (χ1v) is 6.24. The van der Waals surface area contributed by atoms with E-state index in [0.717, 1.165) is 5.56 Å². The van der Waals surface area contributed by atoms with E-state index >= 15 is 0 Å². The number of amides is 1. The van der Waals surface area contributed by atoms with Gasteiger partial charge in [-0.15, -0.1) is 0 Å². The largest absolute Gasteiger partial charge is 0.352 e. The molecule has 1 amide bonds. The molecule has 1 unspecified atom stereocenters. The molecule has 92 valence electrons. The first-order chi connectivity index (χ1) is 8.19. The van der Waals surface area contributed by atoms with Crippen LogP contribution in [0, 0.1) is 12.8 Å². The molecule has 0 radical (unpaired) electrons. The molecular weight excluding hydrogens is 212 g/mol. The maximum Gasteiger partial charge on any atom is 0.224 e. The number of aryl methyl sites for hydroxylation is 1. The highest BCUT2D eigenvalue weighted by atomic mass is 16.1. The van der Waals surface area contributed by atoms with Crippen LogP contribution in [0.15, 0.2) is 24.3 Å². The van der Waals surface area contributed by atoms with Gasteiger partial charge in [0, 0.05) is 12.6 Å². The van der Waals surface area contributed by atoms with Crippen molar-refractivity contribution in [3.8, 4) is 0 Å².